The predicted molar refractivity (Wildman–Crippen MR) is 103 cm³/mol. The second kappa shape index (κ2) is 8.04. The number of nitrogens with zero attached hydrogens (tertiary/aromatic N) is 3. The molecule has 0 atom stereocenters. The van der Waals surface area contributed by atoms with Gasteiger partial charge < -0.3 is 9.47 Å². The van der Waals surface area contributed by atoms with Gasteiger partial charge in [0.2, 0.25) is 5.78 Å². The van der Waals surface area contributed by atoms with Crippen molar-refractivity contribution in [3.8, 4) is 11.4 Å². The summed E-state index contributed by atoms with van der Waals surface area (Å²) in [4.78, 5) is 26.2. The number of Topliss-reactive ketones (excluding diaryl/α,β-unsaturated/α-hetero) is 1. The highest BCUT2D eigenvalue weighted by molar-refractivity contribution is 6.01. The number of aromatic nitrogens is 3. The van der Waals surface area contributed by atoms with E-state index in [1.807, 2.05) is 32.0 Å². The van der Waals surface area contributed by atoms with Gasteiger partial charge in [-0.05, 0) is 44.5 Å². The molecule has 7 nitrogen and oxygen atoms in total. The first-order valence-corrected chi connectivity index (χ1v) is 8.75. The fourth-order valence-electron chi connectivity index (χ4n) is 2.86. The Hall–Kier alpha value is -3.48. The number of carbonyl (C=O) groups is 2. The molecule has 0 unspecified atom stereocenters. The van der Waals surface area contributed by atoms with Crippen LogP contribution >= 0.6 is 0 Å². The molecular weight excluding hydrogens is 358 g/mol. The highest BCUT2D eigenvalue weighted by Gasteiger charge is 2.21. The molecule has 28 heavy (non-hydrogen) atoms. The first kappa shape index (κ1) is 19.3. The molecule has 0 aliphatic rings. The van der Waals surface area contributed by atoms with Crippen LogP contribution in [0.4, 0.5) is 0 Å². The van der Waals surface area contributed by atoms with Crippen molar-refractivity contribution in [2.45, 2.75) is 20.8 Å². The first-order valence-electron chi connectivity index (χ1n) is 8.75. The third-order valence-corrected chi connectivity index (χ3v) is 4.29. The zero-order valence-electron chi connectivity index (χ0n) is 16.2. The van der Waals surface area contributed by atoms with Crippen molar-refractivity contribution in [1.82, 2.24) is 15.0 Å². The maximum atomic E-state index is 12.4. The van der Waals surface area contributed by atoms with Crippen LogP contribution in [0.2, 0.25) is 0 Å². The zero-order valence-corrected chi connectivity index (χ0v) is 16.2. The minimum atomic E-state index is -0.697. The van der Waals surface area contributed by atoms with Gasteiger partial charge in [0.25, 0.3) is 0 Å². The van der Waals surface area contributed by atoms with Crippen LogP contribution in [-0.4, -0.2) is 40.5 Å². The minimum Gasteiger partial charge on any atom is -0.496 e. The second-order valence-corrected chi connectivity index (χ2v) is 6.41. The number of hydrogen-bond acceptors (Lipinski definition) is 6. The van der Waals surface area contributed by atoms with Crippen LogP contribution in [-0.2, 0) is 4.74 Å². The van der Waals surface area contributed by atoms with E-state index >= 15 is 0 Å². The van der Waals surface area contributed by atoms with Crippen LogP contribution in [0, 0.1) is 20.8 Å². The van der Waals surface area contributed by atoms with Gasteiger partial charge in [-0.3, -0.25) is 4.79 Å². The summed E-state index contributed by atoms with van der Waals surface area (Å²) in [5.41, 5.74) is 3.75. The van der Waals surface area contributed by atoms with Crippen LogP contribution in [0.25, 0.3) is 5.69 Å². The zero-order chi connectivity index (χ0) is 20.3. The third-order valence-electron chi connectivity index (χ3n) is 4.29. The summed E-state index contributed by atoms with van der Waals surface area (Å²) >= 11 is 0. The van der Waals surface area contributed by atoms with E-state index in [4.69, 9.17) is 9.47 Å². The van der Waals surface area contributed by atoms with E-state index in [1.165, 1.54) is 11.9 Å². The van der Waals surface area contributed by atoms with Crippen molar-refractivity contribution < 1.29 is 19.1 Å². The summed E-state index contributed by atoms with van der Waals surface area (Å²) in [6, 6.07) is 12.6. The van der Waals surface area contributed by atoms with Gasteiger partial charge >= 0.3 is 5.97 Å². The molecular formula is C21H21N3O4. The Labute approximate surface area is 162 Å². The molecule has 3 aromatic rings. The lowest BCUT2D eigenvalue weighted by molar-refractivity contribution is 0.0467. The fraction of sp³-hybridized carbons (Fsp3) is 0.238. The summed E-state index contributed by atoms with van der Waals surface area (Å²) < 4.78 is 10.3. The molecule has 0 amide bonds. The number of rotatable bonds is 6. The first-order chi connectivity index (χ1) is 13.4. The van der Waals surface area contributed by atoms with Crippen molar-refractivity contribution >= 4 is 11.8 Å². The Bertz CT molecular complexity index is 1040. The molecule has 2 aromatic carbocycles. The summed E-state index contributed by atoms with van der Waals surface area (Å²) in [5, 5.41) is 8.55. The Morgan fingerprint density at radius 1 is 1.04 bits per heavy atom. The maximum Gasteiger partial charge on any atom is 0.361 e. The standard InChI is InChI=1S/C21H21N3O4/c1-13-9-10-17(14(2)11-13)24-22-15(3)20(23-24)21(26)28-12-18(25)16-7-5-6-8-19(16)27-4/h5-11H,12H2,1-4H3. The molecule has 3 rings (SSSR count). The van der Waals surface area contributed by atoms with Gasteiger partial charge in [0.1, 0.15) is 5.75 Å². The monoisotopic (exact) mass is 379 g/mol. The second-order valence-electron chi connectivity index (χ2n) is 6.41. The largest absolute Gasteiger partial charge is 0.496 e. The summed E-state index contributed by atoms with van der Waals surface area (Å²) in [6.07, 6.45) is 0. The topological polar surface area (TPSA) is 83.3 Å². The molecule has 7 heteroatoms. The molecule has 1 heterocycles. The number of para-hydroxylation sites is 1. The predicted octanol–water partition coefficient (Wildman–Crippen LogP) is 3.24. The molecule has 0 N–H and O–H groups in total. The van der Waals surface area contributed by atoms with E-state index in [1.54, 1.807) is 31.2 Å². The molecule has 1 aromatic heterocycles. The van der Waals surface area contributed by atoms with Gasteiger partial charge in [-0.2, -0.15) is 9.90 Å². The molecule has 0 saturated heterocycles. The summed E-state index contributed by atoms with van der Waals surface area (Å²) in [7, 11) is 1.48. The highest BCUT2D eigenvalue weighted by atomic mass is 16.5. The minimum absolute atomic E-state index is 0.0767. The lowest BCUT2D eigenvalue weighted by Gasteiger charge is -2.07. The number of ether oxygens (including phenoxy) is 2. The number of benzene rings is 2. The molecule has 0 bridgehead atoms. The maximum absolute atomic E-state index is 12.4. The average Bonchev–Trinajstić information content (AvgIpc) is 3.07. The van der Waals surface area contributed by atoms with Crippen LogP contribution in [0.5, 0.6) is 5.75 Å². The summed E-state index contributed by atoms with van der Waals surface area (Å²) in [5.74, 6) is -0.623. The van der Waals surface area contributed by atoms with E-state index in [2.05, 4.69) is 10.2 Å². The summed E-state index contributed by atoms with van der Waals surface area (Å²) in [6.45, 7) is 5.21. The number of hydrogen-bond donors (Lipinski definition) is 0. The van der Waals surface area contributed by atoms with Crippen molar-refractivity contribution in [3.63, 3.8) is 0 Å². The van der Waals surface area contributed by atoms with Crippen molar-refractivity contribution in [2.24, 2.45) is 0 Å². The molecule has 0 radical (unpaired) electrons. The Morgan fingerprint density at radius 3 is 2.50 bits per heavy atom. The Kier molecular flexibility index (Phi) is 5.54. The smallest absolute Gasteiger partial charge is 0.361 e. The molecule has 0 fully saturated rings. The Morgan fingerprint density at radius 2 is 1.79 bits per heavy atom. The fourth-order valence-corrected chi connectivity index (χ4v) is 2.86. The van der Waals surface area contributed by atoms with E-state index in [0.29, 0.717) is 17.0 Å². The molecule has 0 aliphatic heterocycles. The molecule has 0 aliphatic carbocycles. The van der Waals surface area contributed by atoms with Crippen LogP contribution in [0.15, 0.2) is 42.5 Å². The lowest BCUT2D eigenvalue weighted by atomic mass is 10.1. The number of aryl methyl sites for hydroxylation is 3. The number of carbonyl (C=O) groups excluding carboxylic acids is 2. The van der Waals surface area contributed by atoms with Gasteiger partial charge in [0, 0.05) is 0 Å². The third kappa shape index (κ3) is 3.93. The number of methoxy groups -OCH3 is 1. The van der Waals surface area contributed by atoms with Gasteiger partial charge in [0.05, 0.1) is 24.1 Å². The van der Waals surface area contributed by atoms with Crippen molar-refractivity contribution in [2.75, 3.05) is 13.7 Å². The van der Waals surface area contributed by atoms with E-state index in [9.17, 15) is 9.59 Å². The van der Waals surface area contributed by atoms with Gasteiger partial charge in [0.15, 0.2) is 12.3 Å². The van der Waals surface area contributed by atoms with Crippen molar-refractivity contribution in [1.29, 1.82) is 0 Å². The van der Waals surface area contributed by atoms with Crippen molar-refractivity contribution in [3.05, 3.63) is 70.5 Å². The molecule has 0 saturated carbocycles. The quantitative estimate of drug-likeness (QED) is 0.483. The van der Waals surface area contributed by atoms with E-state index < -0.39 is 12.6 Å². The van der Waals surface area contributed by atoms with E-state index in [0.717, 1.165) is 16.8 Å². The normalized spacial score (nSPS) is 10.6. The molecule has 0 spiro atoms. The molecule has 144 valence electrons. The van der Waals surface area contributed by atoms with Gasteiger partial charge in [-0.15, -0.1) is 5.10 Å². The average molecular weight is 379 g/mol. The van der Waals surface area contributed by atoms with Gasteiger partial charge in [-0.25, -0.2) is 4.79 Å². The van der Waals surface area contributed by atoms with Crippen LogP contribution < -0.4 is 4.74 Å². The van der Waals surface area contributed by atoms with Crippen LogP contribution in [0.3, 0.4) is 0 Å². The van der Waals surface area contributed by atoms with E-state index in [-0.39, 0.29) is 11.5 Å². The highest BCUT2D eigenvalue weighted by Crippen LogP contribution is 2.19. The van der Waals surface area contributed by atoms with Gasteiger partial charge in [-0.1, -0.05) is 29.8 Å². The van der Waals surface area contributed by atoms with Crippen LogP contribution in [0.1, 0.15) is 37.7 Å². The SMILES string of the molecule is COc1ccccc1C(=O)COC(=O)c1nn(-c2ccc(C)cc2C)nc1C. The lowest BCUT2D eigenvalue weighted by Crippen LogP contribution is -2.16. The number of esters is 1. The Balaban J connectivity index is 1.75. The number of ketones is 1.